The summed E-state index contributed by atoms with van der Waals surface area (Å²) in [5, 5.41) is 0. The van der Waals surface area contributed by atoms with Crippen LogP contribution < -0.4 is 24.5 Å². The summed E-state index contributed by atoms with van der Waals surface area (Å²) in [5.41, 5.74) is 10.1. The Morgan fingerprint density at radius 2 is 0.574 bits per heavy atom. The number of anilines is 5. The summed E-state index contributed by atoms with van der Waals surface area (Å²) in [5.74, 6) is 8.09. The van der Waals surface area contributed by atoms with Crippen molar-refractivity contribution in [3.63, 3.8) is 0 Å². The Balaban J connectivity index is 0.000000127. The lowest BCUT2D eigenvalue weighted by Gasteiger charge is -2.34. The molecule has 15 heterocycles. The first-order chi connectivity index (χ1) is 66.9. The molecule has 0 spiro atoms. The number of halogens is 2. The third kappa shape index (κ3) is 25.2. The van der Waals surface area contributed by atoms with Crippen LogP contribution in [0.25, 0.3) is 84.9 Å². The molecule has 141 heavy (non-hydrogen) atoms. The molecule has 0 unspecified atom stereocenters. The van der Waals surface area contributed by atoms with Gasteiger partial charge < -0.3 is 48.2 Å². The topological polar surface area (TPSA) is 428 Å². The minimum Gasteiger partial charge on any atom is -0.377 e. The standard InChI is InChI=1S/C20H26N6O2S.C19H23FN6O2S.C19H24N6O2S.C18H21FN6O2S.C18H22N6O2S/c1-13-6-7-17-16(10-13)21-15(3)26(17)20-22-18(24-29(4,5)27)11-19(23-20)25-8-9-28-12-14(25)2;1-12-11-28-8-7-25(12)18-10-17(24-29(3,4)27)22-19(23-18)26-13(2)21-15-6-5-14(20)9-16(15)26;1-13-5-6-16-15(9-13)20-12-25(16)19-21-17(23-28(3,4)26)10-18(22-19)24-7-8-27-11-14(24)2;1-12-10-27-7-6-24(12)17-9-16(23-28(2,3)26)21-18(22-17)25-11-20-14-5-4-13(19)8-15(14)25;1-13-11-26-9-8-23(13)17-10-16(22-27(2,3)25)20-18(21-17)24-12-19-14-6-4-5-7-15(14)24/h6-7,10-11,14H,8-9,12H2,1-5H3;5-6,9-10,12H,7-8,11H2,1-4H3;5-6,9-10,12,14H,7-8,11H2,1-4H3;4-5,8-9,11-12H,6-7,10H2,1-3H3;4-7,10,12-13H,8-9,11H2,1-3H3/t14-;12-;14-;12-;13-/m11111/s1. The maximum Gasteiger partial charge on any atom is 0.239 e. The lowest BCUT2D eigenvalue weighted by molar-refractivity contribution is 0.0985. The second kappa shape index (κ2) is 42.2. The molecule has 0 amide bonds. The van der Waals surface area contributed by atoms with Crippen LogP contribution >= 0.6 is 0 Å². The Labute approximate surface area is 818 Å². The number of para-hydroxylation sites is 2. The molecule has 5 fully saturated rings. The van der Waals surface area contributed by atoms with Gasteiger partial charge in [0.1, 0.15) is 71.4 Å². The molecule has 47 heteroatoms. The molecule has 0 aliphatic carbocycles. The first kappa shape index (κ1) is 101. The molecule has 5 aliphatic rings. The smallest absolute Gasteiger partial charge is 0.239 e. The Hall–Kier alpha value is -12.7. The van der Waals surface area contributed by atoms with Gasteiger partial charge in [-0.25, -0.2) is 54.7 Å². The maximum atomic E-state index is 13.9. The fourth-order valence-electron chi connectivity index (χ4n) is 16.5. The molecule has 5 aliphatic heterocycles. The molecule has 0 radical (unpaired) electrons. The van der Waals surface area contributed by atoms with E-state index in [1.54, 1.807) is 133 Å². The molecule has 5 saturated heterocycles. The van der Waals surface area contributed by atoms with Crippen LogP contribution in [0, 0.1) is 39.3 Å². The number of imidazole rings is 5. The predicted octanol–water partition coefficient (Wildman–Crippen LogP) is 13.5. The molecule has 15 aromatic rings. The van der Waals surface area contributed by atoms with Gasteiger partial charge in [0, 0.05) is 186 Å². The number of nitrogens with zero attached hydrogens (tertiary/aromatic N) is 30. The zero-order valence-corrected chi connectivity index (χ0v) is 86.2. The average molecular weight is 2020 g/mol. The van der Waals surface area contributed by atoms with E-state index in [0.29, 0.717) is 178 Å². The monoisotopic (exact) mass is 2020 g/mol. The Kier molecular flexibility index (Phi) is 30.3. The summed E-state index contributed by atoms with van der Waals surface area (Å²) in [6.07, 6.45) is 20.8. The van der Waals surface area contributed by atoms with Gasteiger partial charge >= 0.3 is 0 Å². The van der Waals surface area contributed by atoms with E-state index in [2.05, 4.69) is 122 Å². The van der Waals surface area contributed by atoms with Crippen LogP contribution in [0.15, 0.2) is 168 Å². The molecule has 0 bridgehead atoms. The number of aryl methyl sites for hydroxylation is 4. The third-order valence-corrected chi connectivity index (χ3v) is 25.9. The van der Waals surface area contributed by atoms with Crippen LogP contribution in [-0.4, -0.2) is 310 Å². The normalized spacial score (nSPS) is 17.8. The van der Waals surface area contributed by atoms with E-state index in [1.165, 1.54) is 24.3 Å². The second-order valence-corrected chi connectivity index (χ2v) is 49.2. The van der Waals surface area contributed by atoms with Crippen molar-refractivity contribution in [2.45, 2.75) is 92.5 Å². The molecule has 40 nitrogen and oxygen atoms in total. The average Bonchev–Trinajstić information content (AvgIpc) is 1.64. The first-order valence-corrected chi connectivity index (χ1v) is 57.2. The van der Waals surface area contributed by atoms with Crippen molar-refractivity contribution >= 4 is 162 Å². The highest BCUT2D eigenvalue weighted by Crippen LogP contribution is 2.35. The fourth-order valence-corrected chi connectivity index (χ4v) is 19.3. The number of fused-ring (bicyclic) bond motifs is 5. The number of benzene rings is 5. The molecule has 5 atom stereocenters. The largest absolute Gasteiger partial charge is 0.377 e. The van der Waals surface area contributed by atoms with Gasteiger partial charge in [0.15, 0.2) is 29.1 Å². The summed E-state index contributed by atoms with van der Waals surface area (Å²) in [7, 11) is -11.9. The van der Waals surface area contributed by atoms with E-state index in [9.17, 15) is 29.8 Å². The lowest BCUT2D eigenvalue weighted by Crippen LogP contribution is -2.44. The van der Waals surface area contributed by atoms with Gasteiger partial charge in [-0.2, -0.15) is 71.7 Å². The number of rotatable bonds is 15. The van der Waals surface area contributed by atoms with Gasteiger partial charge in [0.25, 0.3) is 0 Å². The van der Waals surface area contributed by atoms with Gasteiger partial charge in [-0.3, -0.25) is 22.8 Å². The molecular weight excluding hydrogens is 1910 g/mol. The molecule has 20 rings (SSSR count). The molecule has 746 valence electrons. The van der Waals surface area contributed by atoms with Gasteiger partial charge in [-0.1, -0.05) is 24.3 Å². The Morgan fingerprint density at radius 1 is 0.291 bits per heavy atom. The molecule has 0 N–H and O–H groups in total. The number of hydrogen-bond donors (Lipinski definition) is 0. The molecule has 5 aromatic carbocycles. The number of hydrogen-bond acceptors (Lipinski definition) is 35. The minimum atomic E-state index is -2.43. The summed E-state index contributed by atoms with van der Waals surface area (Å²) < 4.78 is 147. The number of aromatic nitrogens is 20. The third-order valence-electron chi connectivity index (χ3n) is 22.8. The Bertz CT molecular complexity index is 7880. The van der Waals surface area contributed by atoms with E-state index < -0.39 is 48.6 Å². The van der Waals surface area contributed by atoms with E-state index in [4.69, 9.17) is 43.6 Å². The van der Waals surface area contributed by atoms with Crippen molar-refractivity contribution in [3.8, 4) is 29.7 Å². The molecule has 0 saturated carbocycles. The summed E-state index contributed by atoms with van der Waals surface area (Å²) in [6.45, 7) is 27.9. The van der Waals surface area contributed by atoms with Crippen molar-refractivity contribution in [1.82, 2.24) is 97.6 Å². The van der Waals surface area contributed by atoms with Gasteiger partial charge in [0.05, 0.1) is 151 Å². The van der Waals surface area contributed by atoms with Gasteiger partial charge in [0.2, 0.25) is 29.7 Å². The quantitative estimate of drug-likeness (QED) is 0.0919. The van der Waals surface area contributed by atoms with Crippen molar-refractivity contribution < 1.29 is 53.5 Å². The van der Waals surface area contributed by atoms with Crippen LogP contribution in [0.2, 0.25) is 0 Å². The second-order valence-electron chi connectivity index (χ2n) is 36.4. The van der Waals surface area contributed by atoms with Crippen LogP contribution in [0.3, 0.4) is 0 Å². The van der Waals surface area contributed by atoms with Crippen molar-refractivity contribution in [3.05, 3.63) is 181 Å². The predicted molar refractivity (Wildman–Crippen MR) is 551 cm³/mol. The summed E-state index contributed by atoms with van der Waals surface area (Å²) in [6, 6.07) is 38.3. The van der Waals surface area contributed by atoms with Crippen molar-refractivity contribution in [2.24, 2.45) is 21.8 Å². The zero-order chi connectivity index (χ0) is 100. The fraction of sp³-hybridized carbons (Fsp3) is 0.415. The zero-order valence-electron chi connectivity index (χ0n) is 82.1. The van der Waals surface area contributed by atoms with E-state index >= 15 is 0 Å². The lowest BCUT2D eigenvalue weighted by atomic mass is 10.2. The number of ether oxygens (including phenoxy) is 5. The highest BCUT2D eigenvalue weighted by Gasteiger charge is 2.31. The summed E-state index contributed by atoms with van der Waals surface area (Å²) >= 11 is 0. The minimum absolute atomic E-state index is 0.116. The highest BCUT2D eigenvalue weighted by molar-refractivity contribution is 7.93. The molecular formula is C94H116F2N30O10S5. The van der Waals surface area contributed by atoms with Crippen LogP contribution in [0.5, 0.6) is 0 Å². The Morgan fingerprint density at radius 3 is 0.936 bits per heavy atom. The maximum absolute atomic E-state index is 13.9. The SMILES string of the molecule is C[C@@H]1COCCN1c1cc(N=S(C)(C)=O)nc(-n2cnc3ccc(F)cc32)n1.C[C@@H]1COCCN1c1cc(N=S(C)(C)=O)nc(-n2cnc3ccccc32)n1.Cc1ccc2c(c1)nc(C)n2-c1nc(N=S(C)(C)=O)cc(N2CCOC[C@H]2C)n1.Cc1ccc2c(c1)ncn2-c1nc(N=S(C)(C)=O)cc(N2CCOC[C@H]2C)n1.Cc1nc2ccc(F)cc2n1-c1nc(N=S(C)(C)=O)cc(N2CCOC[C@H]2C)n1. The summed E-state index contributed by atoms with van der Waals surface area (Å²) in [4.78, 5) is 79.5. The van der Waals surface area contributed by atoms with E-state index in [0.717, 1.165) is 87.1 Å². The van der Waals surface area contributed by atoms with E-state index in [-0.39, 0.29) is 41.8 Å². The van der Waals surface area contributed by atoms with Gasteiger partial charge in [-0.15, -0.1) is 0 Å². The van der Waals surface area contributed by atoms with E-state index in [1.807, 2.05) is 116 Å². The van der Waals surface area contributed by atoms with Crippen LogP contribution in [0.1, 0.15) is 57.4 Å². The highest BCUT2D eigenvalue weighted by atomic mass is 32.2. The van der Waals surface area contributed by atoms with Crippen molar-refractivity contribution in [2.75, 3.05) is 186 Å². The van der Waals surface area contributed by atoms with Crippen LogP contribution in [-0.2, 0) is 72.3 Å². The number of morpholine rings is 5. The molecule has 10 aromatic heterocycles. The van der Waals surface area contributed by atoms with Crippen LogP contribution in [0.4, 0.5) is 67.0 Å². The van der Waals surface area contributed by atoms with Gasteiger partial charge in [-0.05, 0) is 134 Å². The van der Waals surface area contributed by atoms with Crippen molar-refractivity contribution in [1.29, 1.82) is 0 Å². The first-order valence-electron chi connectivity index (χ1n) is 45.6.